The summed E-state index contributed by atoms with van der Waals surface area (Å²) in [6.45, 7) is 0.988. The summed E-state index contributed by atoms with van der Waals surface area (Å²) in [5, 5.41) is 2.05. The normalized spacial score (nSPS) is 10.8. The molecule has 0 atom stereocenters. The molecule has 0 amide bonds. The maximum atomic E-state index is 6.20. The molecule has 0 saturated carbocycles. The van der Waals surface area contributed by atoms with Crippen LogP contribution in [0.25, 0.3) is 10.8 Å². The molecular weight excluding hydrogens is 414 g/mol. The summed E-state index contributed by atoms with van der Waals surface area (Å²) < 4.78 is 12.9. The Morgan fingerprint density at radius 1 is 0.643 bits per heavy atom. The Hall–Kier alpha value is -2.98. The van der Waals surface area contributed by atoms with Gasteiger partial charge in [0.25, 0.3) is 0 Å². The second kappa shape index (κ2) is 8.36. The minimum absolute atomic E-state index is 0.477. The molecule has 0 aliphatic heterocycles. The molecule has 4 rings (SSSR count). The number of benzene rings is 4. The van der Waals surface area contributed by atoms with Gasteiger partial charge in [0.15, 0.2) is 0 Å². The fourth-order valence-corrected chi connectivity index (χ4v) is 3.48. The Bertz CT molecular complexity index is 998. The van der Waals surface area contributed by atoms with E-state index < -0.39 is 0 Å². The molecule has 4 aromatic carbocycles. The Kier molecular flexibility index (Phi) is 5.49. The lowest BCUT2D eigenvalue weighted by Gasteiger charge is -2.13. The predicted octanol–water partition coefficient (Wildman–Crippen LogP) is 6.34. The average Bonchev–Trinajstić information content (AvgIpc) is 2.72. The number of fused-ring (bicyclic) bond motifs is 1. The van der Waals surface area contributed by atoms with Crippen LogP contribution in [0.2, 0.25) is 0 Å². The second-order valence-corrected chi connectivity index (χ2v) is 7.42. The van der Waals surface area contributed by atoms with Crippen LogP contribution in [0.1, 0.15) is 11.1 Å². The fraction of sp³-hybridized carbons (Fsp3) is 0.0833. The standard InChI is InChI=1S/C24H20BrNO2/c25-21-11-19-12-22(26)24(28-16-18-9-5-2-6-10-18)14-20(19)13-23(21)27-15-17-7-3-1-4-8-17/h1-14H,15-16,26H2. The average molecular weight is 434 g/mol. The molecule has 3 nitrogen and oxygen atoms in total. The molecule has 0 saturated heterocycles. The Morgan fingerprint density at radius 3 is 1.75 bits per heavy atom. The van der Waals surface area contributed by atoms with Crippen molar-refractivity contribution >= 4 is 32.4 Å². The van der Waals surface area contributed by atoms with Gasteiger partial charge in [0, 0.05) is 0 Å². The lowest BCUT2D eigenvalue weighted by atomic mass is 10.1. The monoisotopic (exact) mass is 433 g/mol. The zero-order valence-electron chi connectivity index (χ0n) is 15.3. The van der Waals surface area contributed by atoms with Gasteiger partial charge in [-0.25, -0.2) is 0 Å². The number of halogens is 1. The van der Waals surface area contributed by atoms with Gasteiger partial charge in [0.2, 0.25) is 0 Å². The maximum absolute atomic E-state index is 6.20. The molecule has 0 spiro atoms. The second-order valence-electron chi connectivity index (χ2n) is 6.57. The van der Waals surface area contributed by atoms with Crippen molar-refractivity contribution in [2.75, 3.05) is 5.73 Å². The molecule has 0 fully saturated rings. The highest BCUT2D eigenvalue weighted by Gasteiger charge is 2.09. The third-order valence-corrected chi connectivity index (χ3v) is 5.11. The Labute approximate surface area is 172 Å². The predicted molar refractivity (Wildman–Crippen MR) is 118 cm³/mol. The maximum Gasteiger partial charge on any atom is 0.143 e. The number of nitrogen functional groups attached to an aromatic ring is 1. The highest BCUT2D eigenvalue weighted by Crippen LogP contribution is 2.35. The van der Waals surface area contributed by atoms with Gasteiger partial charge in [-0.1, -0.05) is 60.7 Å². The third kappa shape index (κ3) is 4.29. The molecule has 28 heavy (non-hydrogen) atoms. The third-order valence-electron chi connectivity index (χ3n) is 4.49. The van der Waals surface area contributed by atoms with Gasteiger partial charge in [0.05, 0.1) is 10.2 Å². The molecule has 4 aromatic rings. The molecule has 140 valence electrons. The van der Waals surface area contributed by atoms with Gasteiger partial charge in [-0.2, -0.15) is 0 Å². The molecule has 0 radical (unpaired) electrons. The summed E-state index contributed by atoms with van der Waals surface area (Å²) in [5.41, 5.74) is 9.05. The largest absolute Gasteiger partial charge is 0.488 e. The number of nitrogens with two attached hydrogens (primary N) is 1. The van der Waals surface area contributed by atoms with Crippen LogP contribution in [0.5, 0.6) is 11.5 Å². The first kappa shape index (κ1) is 18.4. The molecule has 2 N–H and O–H groups in total. The zero-order chi connectivity index (χ0) is 19.3. The van der Waals surface area contributed by atoms with Crippen LogP contribution in [0, 0.1) is 0 Å². The fourth-order valence-electron chi connectivity index (χ4n) is 3.00. The van der Waals surface area contributed by atoms with Crippen LogP contribution in [0.4, 0.5) is 5.69 Å². The highest BCUT2D eigenvalue weighted by molar-refractivity contribution is 9.10. The topological polar surface area (TPSA) is 44.5 Å². The molecule has 0 aliphatic carbocycles. The van der Waals surface area contributed by atoms with Gasteiger partial charge >= 0.3 is 0 Å². The summed E-state index contributed by atoms with van der Waals surface area (Å²) in [4.78, 5) is 0. The SMILES string of the molecule is Nc1cc2cc(Br)c(OCc3ccccc3)cc2cc1OCc1ccccc1. The van der Waals surface area contributed by atoms with E-state index in [1.165, 1.54) is 0 Å². The van der Waals surface area contributed by atoms with Gasteiger partial charge < -0.3 is 15.2 Å². The number of anilines is 1. The van der Waals surface area contributed by atoms with Crippen LogP contribution in [-0.2, 0) is 13.2 Å². The Morgan fingerprint density at radius 2 is 1.14 bits per heavy atom. The summed E-state index contributed by atoms with van der Waals surface area (Å²) in [5.74, 6) is 1.46. The van der Waals surface area contributed by atoms with Crippen molar-refractivity contribution in [3.63, 3.8) is 0 Å². The van der Waals surface area contributed by atoms with Crippen molar-refractivity contribution in [2.45, 2.75) is 13.2 Å². The molecule has 4 heteroatoms. The van der Waals surface area contributed by atoms with Crippen LogP contribution in [-0.4, -0.2) is 0 Å². The van der Waals surface area contributed by atoms with Gasteiger partial charge in [-0.15, -0.1) is 0 Å². The van der Waals surface area contributed by atoms with E-state index in [-0.39, 0.29) is 0 Å². The minimum Gasteiger partial charge on any atom is -0.488 e. The number of rotatable bonds is 6. The first-order chi connectivity index (χ1) is 13.7. The first-order valence-corrected chi connectivity index (χ1v) is 9.84. The van der Waals surface area contributed by atoms with E-state index >= 15 is 0 Å². The van der Waals surface area contributed by atoms with E-state index in [1.807, 2.05) is 84.9 Å². The van der Waals surface area contributed by atoms with Crippen LogP contribution in [0.3, 0.4) is 0 Å². The van der Waals surface area contributed by atoms with Crippen molar-refractivity contribution in [2.24, 2.45) is 0 Å². The van der Waals surface area contributed by atoms with Crippen molar-refractivity contribution in [3.8, 4) is 11.5 Å². The zero-order valence-corrected chi connectivity index (χ0v) is 16.9. The molecule has 0 unspecified atom stereocenters. The minimum atomic E-state index is 0.477. The van der Waals surface area contributed by atoms with Gasteiger partial charge in [0.1, 0.15) is 24.7 Å². The van der Waals surface area contributed by atoms with E-state index in [4.69, 9.17) is 15.2 Å². The summed E-state index contributed by atoms with van der Waals surface area (Å²) in [6.07, 6.45) is 0. The summed E-state index contributed by atoms with van der Waals surface area (Å²) in [7, 11) is 0. The van der Waals surface area contributed by atoms with Gasteiger partial charge in [-0.3, -0.25) is 0 Å². The molecular formula is C24H20BrNO2. The first-order valence-electron chi connectivity index (χ1n) is 9.05. The van der Waals surface area contributed by atoms with Crippen LogP contribution >= 0.6 is 15.9 Å². The van der Waals surface area contributed by atoms with E-state index in [9.17, 15) is 0 Å². The van der Waals surface area contributed by atoms with Crippen molar-refractivity contribution in [1.29, 1.82) is 0 Å². The van der Waals surface area contributed by atoms with Crippen LogP contribution < -0.4 is 15.2 Å². The molecule has 0 bridgehead atoms. The lowest BCUT2D eigenvalue weighted by molar-refractivity contribution is 0.304. The summed E-state index contributed by atoms with van der Waals surface area (Å²) >= 11 is 3.60. The van der Waals surface area contributed by atoms with E-state index in [1.54, 1.807) is 0 Å². The quantitative estimate of drug-likeness (QED) is 0.360. The van der Waals surface area contributed by atoms with E-state index in [0.717, 1.165) is 32.1 Å². The van der Waals surface area contributed by atoms with Gasteiger partial charge in [-0.05, 0) is 62.1 Å². The highest BCUT2D eigenvalue weighted by atomic mass is 79.9. The van der Waals surface area contributed by atoms with Crippen LogP contribution in [0.15, 0.2) is 89.4 Å². The van der Waals surface area contributed by atoms with E-state index in [2.05, 4.69) is 15.9 Å². The molecule has 0 heterocycles. The lowest BCUT2D eigenvalue weighted by Crippen LogP contribution is -1.99. The smallest absolute Gasteiger partial charge is 0.143 e. The number of ether oxygens (including phenoxy) is 2. The number of hydrogen-bond acceptors (Lipinski definition) is 3. The molecule has 0 aromatic heterocycles. The van der Waals surface area contributed by atoms with Crippen molar-refractivity contribution in [1.82, 2.24) is 0 Å². The number of hydrogen-bond donors (Lipinski definition) is 1. The van der Waals surface area contributed by atoms with Crippen molar-refractivity contribution < 1.29 is 9.47 Å². The molecule has 0 aliphatic rings. The Balaban J connectivity index is 1.57. The van der Waals surface area contributed by atoms with E-state index in [0.29, 0.717) is 24.7 Å². The van der Waals surface area contributed by atoms with Crippen molar-refractivity contribution in [3.05, 3.63) is 101 Å². The summed E-state index contributed by atoms with van der Waals surface area (Å²) in [6, 6.07) is 28.1.